The number of benzene rings is 1. The van der Waals surface area contributed by atoms with E-state index in [4.69, 9.17) is 0 Å². The fraction of sp³-hybridized carbons (Fsp3) is 0.312. The van der Waals surface area contributed by atoms with E-state index in [1.54, 1.807) is 24.7 Å². The van der Waals surface area contributed by atoms with Crippen molar-refractivity contribution in [2.45, 2.75) is 24.3 Å². The lowest BCUT2D eigenvalue weighted by molar-refractivity contribution is 0.600. The van der Waals surface area contributed by atoms with Crippen molar-refractivity contribution in [3.8, 4) is 0 Å². The number of nitrogens with zero attached hydrogens (tertiary/aromatic N) is 4. The molecular formula is C16H17N5O2S. The smallest absolute Gasteiger partial charge is 0.179 e. The van der Waals surface area contributed by atoms with Gasteiger partial charge in [-0.05, 0) is 30.5 Å². The second-order valence-corrected chi connectivity index (χ2v) is 7.89. The molecule has 8 heteroatoms. The van der Waals surface area contributed by atoms with Crippen LogP contribution in [-0.4, -0.2) is 40.2 Å². The van der Waals surface area contributed by atoms with E-state index in [-0.39, 0.29) is 5.75 Å². The van der Waals surface area contributed by atoms with Crippen molar-refractivity contribution < 1.29 is 8.42 Å². The highest BCUT2D eigenvalue weighted by Crippen LogP contribution is 2.34. The SMILES string of the molecule is O=S1(=O)CCc2c1ccc1ncnc(NCCCn3ccnc3)c21. The number of aryl methyl sites for hydroxylation is 2. The normalized spacial score (nSPS) is 15.5. The summed E-state index contributed by atoms with van der Waals surface area (Å²) in [6, 6.07) is 3.42. The van der Waals surface area contributed by atoms with Gasteiger partial charge in [0, 0.05) is 30.9 Å². The summed E-state index contributed by atoms with van der Waals surface area (Å²) in [5, 5.41) is 4.16. The van der Waals surface area contributed by atoms with Crippen molar-refractivity contribution in [2.24, 2.45) is 0 Å². The second kappa shape index (κ2) is 5.86. The maximum Gasteiger partial charge on any atom is 0.179 e. The number of hydrogen-bond acceptors (Lipinski definition) is 6. The van der Waals surface area contributed by atoms with Crippen LogP contribution in [0.5, 0.6) is 0 Å². The summed E-state index contributed by atoms with van der Waals surface area (Å²) in [4.78, 5) is 13.0. The van der Waals surface area contributed by atoms with Gasteiger partial charge in [0.2, 0.25) is 0 Å². The minimum atomic E-state index is -3.16. The van der Waals surface area contributed by atoms with Gasteiger partial charge < -0.3 is 9.88 Å². The highest BCUT2D eigenvalue weighted by atomic mass is 32.2. The zero-order chi connectivity index (χ0) is 16.6. The summed E-state index contributed by atoms with van der Waals surface area (Å²) < 4.78 is 26.3. The lowest BCUT2D eigenvalue weighted by Crippen LogP contribution is -2.08. The summed E-state index contributed by atoms with van der Waals surface area (Å²) in [7, 11) is -3.16. The number of fused-ring (bicyclic) bond motifs is 3. The molecule has 0 saturated carbocycles. The Labute approximate surface area is 139 Å². The summed E-state index contributed by atoms with van der Waals surface area (Å²) in [6.07, 6.45) is 8.42. The number of nitrogens with one attached hydrogen (secondary N) is 1. The third-order valence-corrected chi connectivity index (χ3v) is 6.06. The van der Waals surface area contributed by atoms with Crippen LogP contribution in [0.25, 0.3) is 10.9 Å². The Balaban J connectivity index is 1.60. The lowest BCUT2D eigenvalue weighted by atomic mass is 10.1. The maximum atomic E-state index is 12.1. The van der Waals surface area contributed by atoms with Gasteiger partial charge in [-0.25, -0.2) is 23.4 Å². The van der Waals surface area contributed by atoms with Gasteiger partial charge in [0.25, 0.3) is 0 Å². The molecule has 0 amide bonds. The van der Waals surface area contributed by atoms with E-state index in [0.29, 0.717) is 17.1 Å². The molecule has 0 aliphatic carbocycles. The van der Waals surface area contributed by atoms with Crippen molar-refractivity contribution in [3.63, 3.8) is 0 Å². The molecule has 0 spiro atoms. The average Bonchev–Trinajstić information content (AvgIpc) is 3.19. The van der Waals surface area contributed by atoms with Gasteiger partial charge in [0.05, 0.1) is 22.5 Å². The molecule has 1 aromatic carbocycles. The molecule has 124 valence electrons. The molecule has 2 aromatic heterocycles. The van der Waals surface area contributed by atoms with Crippen molar-refractivity contribution in [1.82, 2.24) is 19.5 Å². The van der Waals surface area contributed by atoms with Gasteiger partial charge in [-0.2, -0.15) is 0 Å². The summed E-state index contributed by atoms with van der Waals surface area (Å²) >= 11 is 0. The van der Waals surface area contributed by atoms with Crippen LogP contribution in [0.15, 0.2) is 42.1 Å². The fourth-order valence-electron chi connectivity index (χ4n) is 3.11. The number of hydrogen-bond donors (Lipinski definition) is 1. The third-order valence-electron chi connectivity index (χ3n) is 4.27. The van der Waals surface area contributed by atoms with Crippen molar-refractivity contribution in [2.75, 3.05) is 17.6 Å². The largest absolute Gasteiger partial charge is 0.369 e. The molecule has 0 unspecified atom stereocenters. The minimum absolute atomic E-state index is 0.163. The van der Waals surface area contributed by atoms with Gasteiger partial charge in [-0.1, -0.05) is 0 Å². The first kappa shape index (κ1) is 15.1. The van der Waals surface area contributed by atoms with Crippen molar-refractivity contribution in [3.05, 3.63) is 42.7 Å². The van der Waals surface area contributed by atoms with Gasteiger partial charge >= 0.3 is 0 Å². The van der Waals surface area contributed by atoms with Gasteiger partial charge in [-0.3, -0.25) is 0 Å². The molecule has 0 bridgehead atoms. The van der Waals surface area contributed by atoms with E-state index in [0.717, 1.165) is 36.0 Å². The molecule has 1 N–H and O–H groups in total. The van der Waals surface area contributed by atoms with Crippen LogP contribution in [0.4, 0.5) is 5.82 Å². The van der Waals surface area contributed by atoms with E-state index in [1.165, 1.54) is 6.33 Å². The van der Waals surface area contributed by atoms with E-state index in [9.17, 15) is 8.42 Å². The van der Waals surface area contributed by atoms with Crippen LogP contribution < -0.4 is 5.32 Å². The summed E-state index contributed by atoms with van der Waals surface area (Å²) in [5.41, 5.74) is 1.61. The Hall–Kier alpha value is -2.48. The lowest BCUT2D eigenvalue weighted by Gasteiger charge is -2.11. The van der Waals surface area contributed by atoms with Crippen LogP contribution >= 0.6 is 0 Å². The Kier molecular flexibility index (Phi) is 3.68. The number of aromatic nitrogens is 4. The Morgan fingerprint density at radius 1 is 1.25 bits per heavy atom. The van der Waals surface area contributed by atoms with Gasteiger partial charge in [0.1, 0.15) is 12.1 Å². The Morgan fingerprint density at radius 2 is 2.17 bits per heavy atom. The predicted octanol–water partition coefficient (Wildman–Crippen LogP) is 1.66. The number of rotatable bonds is 5. The van der Waals surface area contributed by atoms with Crippen LogP contribution in [0, 0.1) is 0 Å². The molecular weight excluding hydrogens is 326 g/mol. The summed E-state index contributed by atoms with van der Waals surface area (Å²) in [5.74, 6) is 0.871. The monoisotopic (exact) mass is 343 g/mol. The number of anilines is 1. The molecule has 0 fully saturated rings. The molecule has 0 radical (unpaired) electrons. The molecule has 1 aliphatic rings. The molecule has 3 heterocycles. The van der Waals surface area contributed by atoms with E-state index < -0.39 is 9.84 Å². The zero-order valence-electron chi connectivity index (χ0n) is 13.0. The standard InChI is InChI=1S/C16H17N5O2S/c22-24(23)9-4-12-14(24)3-2-13-15(12)16(20-10-19-13)18-5-1-7-21-8-6-17-11-21/h2-3,6,8,10-11H,1,4-5,7,9H2,(H,18,19,20). The van der Waals surface area contributed by atoms with Crippen LogP contribution in [0.3, 0.4) is 0 Å². The first-order valence-corrected chi connectivity index (χ1v) is 9.49. The second-order valence-electron chi connectivity index (χ2n) is 5.81. The van der Waals surface area contributed by atoms with Gasteiger partial charge in [-0.15, -0.1) is 0 Å². The topological polar surface area (TPSA) is 89.8 Å². The fourth-order valence-corrected chi connectivity index (χ4v) is 4.66. The highest BCUT2D eigenvalue weighted by Gasteiger charge is 2.29. The Bertz CT molecular complexity index is 983. The van der Waals surface area contributed by atoms with E-state index in [2.05, 4.69) is 20.3 Å². The quantitative estimate of drug-likeness (QED) is 0.709. The molecule has 0 atom stereocenters. The number of sulfone groups is 1. The third kappa shape index (κ3) is 2.62. The van der Waals surface area contributed by atoms with Crippen molar-refractivity contribution in [1.29, 1.82) is 0 Å². The van der Waals surface area contributed by atoms with Crippen LogP contribution in [0.2, 0.25) is 0 Å². The zero-order valence-corrected chi connectivity index (χ0v) is 13.8. The van der Waals surface area contributed by atoms with E-state index >= 15 is 0 Å². The maximum absolute atomic E-state index is 12.1. The van der Waals surface area contributed by atoms with Gasteiger partial charge in [0.15, 0.2) is 9.84 Å². The minimum Gasteiger partial charge on any atom is -0.369 e. The predicted molar refractivity (Wildman–Crippen MR) is 90.6 cm³/mol. The average molecular weight is 343 g/mol. The highest BCUT2D eigenvalue weighted by molar-refractivity contribution is 7.91. The Morgan fingerprint density at radius 3 is 3.00 bits per heavy atom. The molecule has 4 rings (SSSR count). The molecule has 0 saturated heterocycles. The first-order chi connectivity index (χ1) is 11.6. The van der Waals surface area contributed by atoms with Crippen molar-refractivity contribution >= 4 is 26.6 Å². The summed E-state index contributed by atoms with van der Waals surface area (Å²) in [6.45, 7) is 1.60. The van der Waals surface area contributed by atoms with Crippen LogP contribution in [0.1, 0.15) is 12.0 Å². The first-order valence-electron chi connectivity index (χ1n) is 7.84. The number of imidazole rings is 1. The molecule has 24 heavy (non-hydrogen) atoms. The molecule has 7 nitrogen and oxygen atoms in total. The molecule has 3 aromatic rings. The van der Waals surface area contributed by atoms with Crippen LogP contribution in [-0.2, 0) is 22.8 Å². The molecule has 1 aliphatic heterocycles. The van der Waals surface area contributed by atoms with E-state index in [1.807, 2.05) is 10.8 Å².